The van der Waals surface area contributed by atoms with Gasteiger partial charge in [-0.05, 0) is 31.1 Å². The van der Waals surface area contributed by atoms with Gasteiger partial charge in [0.25, 0.3) is 0 Å². The molecule has 0 aromatic heterocycles. The summed E-state index contributed by atoms with van der Waals surface area (Å²) in [6, 6.07) is 0. The zero-order valence-electron chi connectivity index (χ0n) is 10.1. The fourth-order valence-corrected chi connectivity index (χ4v) is 2.64. The molecule has 0 saturated heterocycles. The lowest BCUT2D eigenvalue weighted by Gasteiger charge is -2.35. The largest absolute Gasteiger partial charge is 0.481 e. The van der Waals surface area contributed by atoms with Crippen molar-refractivity contribution in [3.8, 4) is 0 Å². The van der Waals surface area contributed by atoms with Crippen LogP contribution in [0.4, 0.5) is 0 Å². The standard InChI is InChI=1S/C12H20O4/c1-7(2)9-5-4-8(11(13)14)6-10(9)12(15)16-3/h7-10H,4-6H2,1-3H3,(H,13,14)/t8-,9-,10+/m0/s1. The minimum atomic E-state index is -0.795. The van der Waals surface area contributed by atoms with Crippen LogP contribution in [-0.4, -0.2) is 24.2 Å². The second-order valence-electron chi connectivity index (χ2n) is 4.89. The van der Waals surface area contributed by atoms with Crippen LogP contribution in [0.25, 0.3) is 0 Å². The number of esters is 1. The van der Waals surface area contributed by atoms with Crippen LogP contribution in [0.3, 0.4) is 0 Å². The van der Waals surface area contributed by atoms with Crippen molar-refractivity contribution in [1.29, 1.82) is 0 Å². The van der Waals surface area contributed by atoms with Crippen LogP contribution in [0.1, 0.15) is 33.1 Å². The van der Waals surface area contributed by atoms with Gasteiger partial charge in [0.1, 0.15) is 0 Å². The zero-order valence-corrected chi connectivity index (χ0v) is 10.1. The van der Waals surface area contributed by atoms with E-state index in [4.69, 9.17) is 9.84 Å². The first-order chi connectivity index (χ1) is 7.47. The highest BCUT2D eigenvalue weighted by Gasteiger charge is 2.39. The summed E-state index contributed by atoms with van der Waals surface area (Å²) in [4.78, 5) is 22.6. The maximum absolute atomic E-state index is 11.6. The lowest BCUT2D eigenvalue weighted by Crippen LogP contribution is -2.36. The summed E-state index contributed by atoms with van der Waals surface area (Å²) in [7, 11) is 1.37. The molecule has 1 aliphatic carbocycles. The number of methoxy groups -OCH3 is 1. The number of aliphatic carboxylic acids is 1. The lowest BCUT2D eigenvalue weighted by atomic mass is 9.69. The monoisotopic (exact) mass is 228 g/mol. The Morgan fingerprint density at radius 3 is 2.38 bits per heavy atom. The fourth-order valence-electron chi connectivity index (χ4n) is 2.64. The van der Waals surface area contributed by atoms with Gasteiger partial charge < -0.3 is 9.84 Å². The summed E-state index contributed by atoms with van der Waals surface area (Å²) in [6.07, 6.45) is 1.89. The third-order valence-corrected chi connectivity index (χ3v) is 3.61. The van der Waals surface area contributed by atoms with Crippen molar-refractivity contribution in [1.82, 2.24) is 0 Å². The highest BCUT2D eigenvalue weighted by Crippen LogP contribution is 2.38. The van der Waals surface area contributed by atoms with Gasteiger partial charge in [-0.2, -0.15) is 0 Å². The first-order valence-electron chi connectivity index (χ1n) is 5.78. The molecule has 4 nitrogen and oxygen atoms in total. The van der Waals surface area contributed by atoms with E-state index in [1.54, 1.807) is 0 Å². The molecule has 1 fully saturated rings. The number of carbonyl (C=O) groups is 2. The van der Waals surface area contributed by atoms with E-state index in [0.717, 1.165) is 6.42 Å². The summed E-state index contributed by atoms with van der Waals surface area (Å²) < 4.78 is 4.77. The van der Waals surface area contributed by atoms with E-state index in [0.29, 0.717) is 18.8 Å². The fraction of sp³-hybridized carbons (Fsp3) is 0.833. The summed E-state index contributed by atoms with van der Waals surface area (Å²) in [6.45, 7) is 4.14. The van der Waals surface area contributed by atoms with E-state index in [-0.39, 0.29) is 23.7 Å². The summed E-state index contributed by atoms with van der Waals surface area (Å²) in [5.74, 6) is -1.05. The summed E-state index contributed by atoms with van der Waals surface area (Å²) >= 11 is 0. The highest BCUT2D eigenvalue weighted by atomic mass is 16.5. The molecular weight excluding hydrogens is 208 g/mol. The Morgan fingerprint density at radius 1 is 1.31 bits per heavy atom. The Labute approximate surface area is 96.0 Å². The average molecular weight is 228 g/mol. The molecule has 1 rings (SSSR count). The molecule has 0 aliphatic heterocycles. The third-order valence-electron chi connectivity index (χ3n) is 3.61. The van der Waals surface area contributed by atoms with Gasteiger partial charge in [-0.25, -0.2) is 0 Å². The molecule has 1 saturated carbocycles. The van der Waals surface area contributed by atoms with Gasteiger partial charge in [-0.15, -0.1) is 0 Å². The Kier molecular flexibility index (Phi) is 4.33. The SMILES string of the molecule is COC(=O)[C@@H]1C[C@@H](C(=O)O)CC[C@H]1C(C)C. The Morgan fingerprint density at radius 2 is 1.94 bits per heavy atom. The quantitative estimate of drug-likeness (QED) is 0.750. The molecule has 1 aliphatic rings. The van der Waals surface area contributed by atoms with Crippen LogP contribution in [-0.2, 0) is 14.3 Å². The van der Waals surface area contributed by atoms with E-state index in [1.807, 2.05) is 0 Å². The topological polar surface area (TPSA) is 63.6 Å². The van der Waals surface area contributed by atoms with Gasteiger partial charge in [0.05, 0.1) is 18.9 Å². The Balaban J connectivity index is 2.77. The number of rotatable bonds is 3. The van der Waals surface area contributed by atoms with Crippen molar-refractivity contribution < 1.29 is 19.4 Å². The number of carboxylic acid groups (broad SMARTS) is 1. The smallest absolute Gasteiger partial charge is 0.308 e. The van der Waals surface area contributed by atoms with Crippen LogP contribution in [0.15, 0.2) is 0 Å². The molecule has 16 heavy (non-hydrogen) atoms. The summed E-state index contributed by atoms with van der Waals surface area (Å²) in [5, 5.41) is 8.98. The van der Waals surface area contributed by atoms with E-state index >= 15 is 0 Å². The second-order valence-corrected chi connectivity index (χ2v) is 4.89. The van der Waals surface area contributed by atoms with Gasteiger partial charge in [-0.3, -0.25) is 9.59 Å². The Hall–Kier alpha value is -1.06. The zero-order chi connectivity index (χ0) is 12.3. The molecule has 92 valence electrons. The van der Waals surface area contributed by atoms with Crippen molar-refractivity contribution in [3.05, 3.63) is 0 Å². The maximum Gasteiger partial charge on any atom is 0.308 e. The van der Waals surface area contributed by atoms with Gasteiger partial charge >= 0.3 is 11.9 Å². The number of hydrogen-bond acceptors (Lipinski definition) is 3. The van der Waals surface area contributed by atoms with Crippen LogP contribution in [0, 0.1) is 23.7 Å². The lowest BCUT2D eigenvalue weighted by molar-refractivity contribution is -0.153. The Bertz CT molecular complexity index is 272. The summed E-state index contributed by atoms with van der Waals surface area (Å²) in [5.41, 5.74) is 0. The van der Waals surface area contributed by atoms with E-state index < -0.39 is 5.97 Å². The number of carbonyl (C=O) groups excluding carboxylic acids is 1. The number of ether oxygens (including phenoxy) is 1. The van der Waals surface area contributed by atoms with Gasteiger partial charge in [0.2, 0.25) is 0 Å². The molecule has 0 amide bonds. The van der Waals surface area contributed by atoms with Crippen molar-refractivity contribution in [2.45, 2.75) is 33.1 Å². The second kappa shape index (κ2) is 5.32. The van der Waals surface area contributed by atoms with Crippen LogP contribution in [0.5, 0.6) is 0 Å². The van der Waals surface area contributed by atoms with Crippen molar-refractivity contribution in [2.24, 2.45) is 23.7 Å². The maximum atomic E-state index is 11.6. The highest BCUT2D eigenvalue weighted by molar-refractivity contribution is 5.75. The molecular formula is C12H20O4. The van der Waals surface area contributed by atoms with Gasteiger partial charge in [-0.1, -0.05) is 13.8 Å². The molecule has 0 bridgehead atoms. The molecule has 0 unspecified atom stereocenters. The molecule has 0 aromatic rings. The van der Waals surface area contributed by atoms with Crippen LogP contribution in [0.2, 0.25) is 0 Å². The molecule has 1 N–H and O–H groups in total. The minimum absolute atomic E-state index is 0.250. The van der Waals surface area contributed by atoms with Crippen molar-refractivity contribution in [2.75, 3.05) is 7.11 Å². The van der Waals surface area contributed by atoms with Gasteiger partial charge in [0, 0.05) is 0 Å². The minimum Gasteiger partial charge on any atom is -0.481 e. The normalized spacial score (nSPS) is 30.1. The van der Waals surface area contributed by atoms with Crippen molar-refractivity contribution in [3.63, 3.8) is 0 Å². The van der Waals surface area contributed by atoms with E-state index in [1.165, 1.54) is 7.11 Å². The molecule has 0 radical (unpaired) electrons. The molecule has 4 heteroatoms. The van der Waals surface area contributed by atoms with Crippen molar-refractivity contribution >= 4 is 11.9 Å². The molecule has 3 atom stereocenters. The number of hydrogen-bond donors (Lipinski definition) is 1. The number of carboxylic acids is 1. The molecule has 0 heterocycles. The molecule has 0 spiro atoms. The predicted molar refractivity (Wildman–Crippen MR) is 58.8 cm³/mol. The predicted octanol–water partition coefficient (Wildman–Crippen LogP) is 1.93. The van der Waals surface area contributed by atoms with Gasteiger partial charge in [0.15, 0.2) is 0 Å². The first kappa shape index (κ1) is 13.0. The van der Waals surface area contributed by atoms with Crippen LogP contribution < -0.4 is 0 Å². The third kappa shape index (κ3) is 2.74. The van der Waals surface area contributed by atoms with E-state index in [2.05, 4.69) is 13.8 Å². The first-order valence-corrected chi connectivity index (χ1v) is 5.78. The average Bonchev–Trinajstić information content (AvgIpc) is 2.26. The van der Waals surface area contributed by atoms with E-state index in [9.17, 15) is 9.59 Å². The molecule has 0 aromatic carbocycles. The van der Waals surface area contributed by atoms with Crippen LogP contribution >= 0.6 is 0 Å².